The number of para-hydroxylation sites is 1. The monoisotopic (exact) mass is 493 g/mol. The van der Waals surface area contributed by atoms with E-state index in [9.17, 15) is 18.0 Å². The van der Waals surface area contributed by atoms with E-state index in [-0.39, 0.29) is 29.8 Å². The van der Waals surface area contributed by atoms with Crippen molar-refractivity contribution in [3.8, 4) is 0 Å². The van der Waals surface area contributed by atoms with Gasteiger partial charge in [0.1, 0.15) is 10.8 Å². The molecule has 1 unspecified atom stereocenters. The Hall–Kier alpha value is -2.34. The predicted molar refractivity (Wildman–Crippen MR) is 123 cm³/mol. The fourth-order valence-electron chi connectivity index (χ4n) is 3.68. The maximum atomic E-state index is 13.1. The maximum absolute atomic E-state index is 13.1. The molecule has 0 N–H and O–H groups in total. The van der Waals surface area contributed by atoms with E-state index in [0.717, 1.165) is 10.2 Å². The molecule has 2 aromatic heterocycles. The van der Waals surface area contributed by atoms with Crippen LogP contribution in [0, 0.1) is 5.92 Å². The van der Waals surface area contributed by atoms with E-state index in [1.165, 1.54) is 27.0 Å². The molecule has 1 amide bonds. The summed E-state index contributed by atoms with van der Waals surface area (Å²) in [5.74, 6) is -1.31. The van der Waals surface area contributed by atoms with Crippen molar-refractivity contribution in [3.63, 3.8) is 0 Å². The van der Waals surface area contributed by atoms with Gasteiger partial charge in [-0.15, -0.1) is 11.3 Å². The van der Waals surface area contributed by atoms with Gasteiger partial charge in [0.2, 0.25) is 0 Å². The summed E-state index contributed by atoms with van der Waals surface area (Å²) in [5, 5.41) is 1.72. The third-order valence-electron chi connectivity index (χ3n) is 5.21. The number of benzene rings is 1. The van der Waals surface area contributed by atoms with Crippen molar-refractivity contribution in [1.82, 2.24) is 8.87 Å². The summed E-state index contributed by atoms with van der Waals surface area (Å²) in [6, 6.07) is 10.8. The zero-order chi connectivity index (χ0) is 22.7. The number of carbonyl (C=O) groups is 2. The second kappa shape index (κ2) is 9.65. The first kappa shape index (κ1) is 22.8. The SMILES string of the molecule is CCOC(=O)Cn1c(=NC(=O)C2CCCN(S(=O)(=O)c3cccs3)C2)sc2ccccc21. The van der Waals surface area contributed by atoms with Gasteiger partial charge in [0, 0.05) is 13.1 Å². The Morgan fingerprint density at radius 3 is 2.78 bits per heavy atom. The van der Waals surface area contributed by atoms with Gasteiger partial charge in [-0.2, -0.15) is 9.30 Å². The van der Waals surface area contributed by atoms with Crippen LogP contribution in [0.25, 0.3) is 10.2 Å². The molecular formula is C21H23N3O5S3. The van der Waals surface area contributed by atoms with Gasteiger partial charge >= 0.3 is 5.97 Å². The number of amides is 1. The topological polar surface area (TPSA) is 98.0 Å². The van der Waals surface area contributed by atoms with E-state index in [4.69, 9.17) is 4.74 Å². The lowest BCUT2D eigenvalue weighted by molar-refractivity contribution is -0.143. The standard InChI is InChI=1S/C21H23N3O5S3/c1-2-29-18(25)14-24-16-8-3-4-9-17(16)31-21(24)22-20(26)15-7-5-11-23(13-15)32(27,28)19-10-6-12-30-19/h3-4,6,8-10,12,15H,2,5,7,11,13-14H2,1H3. The Bertz CT molecular complexity index is 1290. The van der Waals surface area contributed by atoms with E-state index in [1.54, 1.807) is 29.0 Å². The van der Waals surface area contributed by atoms with Crippen LogP contribution < -0.4 is 4.80 Å². The Morgan fingerprint density at radius 2 is 2.03 bits per heavy atom. The molecule has 0 radical (unpaired) electrons. The summed E-state index contributed by atoms with van der Waals surface area (Å²) in [6.07, 6.45) is 1.16. The summed E-state index contributed by atoms with van der Waals surface area (Å²) >= 11 is 2.48. The van der Waals surface area contributed by atoms with Crippen molar-refractivity contribution in [2.45, 2.75) is 30.5 Å². The maximum Gasteiger partial charge on any atom is 0.326 e. The molecule has 0 bridgehead atoms. The van der Waals surface area contributed by atoms with E-state index in [2.05, 4.69) is 4.99 Å². The zero-order valence-electron chi connectivity index (χ0n) is 17.5. The fourth-order valence-corrected chi connectivity index (χ4v) is 7.38. The number of thiazole rings is 1. The van der Waals surface area contributed by atoms with E-state index in [0.29, 0.717) is 24.2 Å². The first-order valence-electron chi connectivity index (χ1n) is 10.3. The number of esters is 1. The lowest BCUT2D eigenvalue weighted by Gasteiger charge is -2.29. The van der Waals surface area contributed by atoms with Crippen molar-refractivity contribution in [3.05, 3.63) is 46.6 Å². The molecule has 11 heteroatoms. The summed E-state index contributed by atoms with van der Waals surface area (Å²) < 4.78 is 35.0. The largest absolute Gasteiger partial charge is 0.465 e. The number of aromatic nitrogens is 1. The van der Waals surface area contributed by atoms with Crippen LogP contribution in [0.2, 0.25) is 0 Å². The van der Waals surface area contributed by atoms with Crippen molar-refractivity contribution in [2.75, 3.05) is 19.7 Å². The molecule has 3 heterocycles. The van der Waals surface area contributed by atoms with Gasteiger partial charge in [-0.25, -0.2) is 8.42 Å². The quantitative estimate of drug-likeness (QED) is 0.492. The number of hydrogen-bond acceptors (Lipinski definition) is 7. The number of hydrogen-bond donors (Lipinski definition) is 0. The normalized spacial score (nSPS) is 18.2. The van der Waals surface area contributed by atoms with Gasteiger partial charge in [0.15, 0.2) is 4.80 Å². The second-order valence-electron chi connectivity index (χ2n) is 7.33. The Labute approximate surface area is 193 Å². The van der Waals surface area contributed by atoms with Crippen molar-refractivity contribution in [1.29, 1.82) is 0 Å². The average Bonchev–Trinajstić information content (AvgIpc) is 3.44. The number of carbonyl (C=O) groups excluding carboxylic acids is 2. The molecule has 170 valence electrons. The highest BCUT2D eigenvalue weighted by atomic mass is 32.2. The number of thiophene rings is 1. The van der Waals surface area contributed by atoms with Crippen LogP contribution in [0.15, 0.2) is 51.0 Å². The zero-order valence-corrected chi connectivity index (χ0v) is 19.9. The highest BCUT2D eigenvalue weighted by Gasteiger charge is 2.33. The Balaban J connectivity index is 1.62. The predicted octanol–water partition coefficient (Wildman–Crippen LogP) is 2.86. The number of nitrogens with zero attached hydrogens (tertiary/aromatic N) is 3. The number of rotatable bonds is 6. The minimum Gasteiger partial charge on any atom is -0.465 e. The van der Waals surface area contributed by atoms with Crippen LogP contribution >= 0.6 is 22.7 Å². The molecule has 0 spiro atoms. The molecule has 32 heavy (non-hydrogen) atoms. The third kappa shape index (κ3) is 4.70. The molecule has 1 fully saturated rings. The first-order chi connectivity index (χ1) is 15.4. The van der Waals surface area contributed by atoms with Gasteiger partial charge in [0.05, 0.1) is 22.7 Å². The Morgan fingerprint density at radius 1 is 1.22 bits per heavy atom. The van der Waals surface area contributed by atoms with Crippen molar-refractivity contribution < 1.29 is 22.7 Å². The van der Waals surface area contributed by atoms with Gasteiger partial charge in [-0.3, -0.25) is 9.59 Å². The van der Waals surface area contributed by atoms with E-state index in [1.807, 2.05) is 24.3 Å². The lowest BCUT2D eigenvalue weighted by atomic mass is 9.99. The van der Waals surface area contributed by atoms with E-state index >= 15 is 0 Å². The smallest absolute Gasteiger partial charge is 0.326 e. The van der Waals surface area contributed by atoms with Crippen LogP contribution in [0.5, 0.6) is 0 Å². The molecule has 0 saturated carbocycles. The summed E-state index contributed by atoms with van der Waals surface area (Å²) in [6.45, 7) is 2.44. The first-order valence-corrected chi connectivity index (χ1v) is 13.4. The van der Waals surface area contributed by atoms with Gasteiger partial charge in [0.25, 0.3) is 15.9 Å². The van der Waals surface area contributed by atoms with Crippen molar-refractivity contribution >= 4 is 54.8 Å². The Kier molecular flexibility index (Phi) is 6.89. The average molecular weight is 494 g/mol. The summed E-state index contributed by atoms with van der Waals surface area (Å²) in [5.41, 5.74) is 0.794. The van der Waals surface area contributed by atoms with Crippen LogP contribution in [0.4, 0.5) is 0 Å². The number of sulfonamides is 1. The summed E-state index contributed by atoms with van der Waals surface area (Å²) in [7, 11) is -3.61. The molecule has 1 saturated heterocycles. The van der Waals surface area contributed by atoms with Crippen LogP contribution in [0.3, 0.4) is 0 Å². The number of ether oxygens (including phenoxy) is 1. The van der Waals surface area contributed by atoms with Gasteiger partial charge in [-0.1, -0.05) is 29.5 Å². The number of piperidine rings is 1. The highest BCUT2D eigenvalue weighted by Crippen LogP contribution is 2.27. The molecule has 4 rings (SSSR count). The molecular weight excluding hydrogens is 470 g/mol. The molecule has 0 aliphatic carbocycles. The molecule has 1 aliphatic rings. The van der Waals surface area contributed by atoms with Gasteiger partial charge < -0.3 is 9.30 Å². The van der Waals surface area contributed by atoms with Crippen LogP contribution in [0.1, 0.15) is 19.8 Å². The molecule has 1 atom stereocenters. The molecule has 8 nitrogen and oxygen atoms in total. The third-order valence-corrected chi connectivity index (χ3v) is 9.51. The minimum atomic E-state index is -3.61. The fraction of sp³-hybridized carbons (Fsp3) is 0.381. The summed E-state index contributed by atoms with van der Waals surface area (Å²) in [4.78, 5) is 29.9. The molecule has 1 aromatic carbocycles. The van der Waals surface area contributed by atoms with Crippen LogP contribution in [-0.4, -0.2) is 48.9 Å². The highest BCUT2D eigenvalue weighted by molar-refractivity contribution is 7.91. The van der Waals surface area contributed by atoms with Crippen LogP contribution in [-0.2, 0) is 30.9 Å². The van der Waals surface area contributed by atoms with Crippen molar-refractivity contribution in [2.24, 2.45) is 10.9 Å². The molecule has 1 aliphatic heterocycles. The van der Waals surface area contributed by atoms with Gasteiger partial charge in [-0.05, 0) is 43.3 Å². The van der Waals surface area contributed by atoms with E-state index < -0.39 is 21.9 Å². The number of fused-ring (bicyclic) bond motifs is 1. The minimum absolute atomic E-state index is 0.0481. The lowest BCUT2D eigenvalue weighted by Crippen LogP contribution is -2.42. The molecule has 3 aromatic rings. The second-order valence-corrected chi connectivity index (χ2v) is 11.4.